The molecule has 1 aromatic heterocycles. The maximum Gasteiger partial charge on any atom is 0.332 e. The lowest BCUT2D eigenvalue weighted by atomic mass is 10.1. The molecule has 0 saturated carbocycles. The fourth-order valence-electron chi connectivity index (χ4n) is 2.00. The third-order valence-corrected chi connectivity index (χ3v) is 3.24. The lowest BCUT2D eigenvalue weighted by Gasteiger charge is -2.12. The van der Waals surface area contributed by atoms with Crippen LogP contribution < -0.4 is 4.68 Å². The molecule has 1 aromatic carbocycles. The summed E-state index contributed by atoms with van der Waals surface area (Å²) in [5, 5.41) is 8.39. The number of aryl methyl sites for hydroxylation is 1. The number of carbonyl (C=O) groups excluding carboxylic acids is 1. The van der Waals surface area contributed by atoms with Crippen LogP contribution in [-0.2, 0) is 18.0 Å². The summed E-state index contributed by atoms with van der Waals surface area (Å²) < 4.78 is 1.97. The van der Waals surface area contributed by atoms with E-state index in [2.05, 4.69) is 29.4 Å². The van der Waals surface area contributed by atoms with Gasteiger partial charge in [0.25, 0.3) is 0 Å². The molecule has 1 heterocycles. The van der Waals surface area contributed by atoms with Crippen LogP contribution in [0.4, 0.5) is 0 Å². The Morgan fingerprint density at radius 2 is 2.00 bits per heavy atom. The van der Waals surface area contributed by atoms with Crippen molar-refractivity contribution in [2.75, 3.05) is 6.54 Å². The van der Waals surface area contributed by atoms with Gasteiger partial charge in [-0.15, -0.1) is 0 Å². The number of rotatable bonds is 6. The zero-order chi connectivity index (χ0) is 14.5. The number of nitrogens with zero attached hydrogens (tertiary/aromatic N) is 5. The normalized spacial score (nSPS) is 10.6. The minimum atomic E-state index is 0.409. The largest absolute Gasteiger partial charge is 0.332 e. The summed E-state index contributed by atoms with van der Waals surface area (Å²) >= 11 is 0. The lowest BCUT2D eigenvalue weighted by molar-refractivity contribution is -0.769. The van der Waals surface area contributed by atoms with Gasteiger partial charge in [0.2, 0.25) is 6.41 Å². The van der Waals surface area contributed by atoms with Crippen LogP contribution in [0.15, 0.2) is 24.3 Å². The Morgan fingerprint density at radius 1 is 1.30 bits per heavy atom. The zero-order valence-corrected chi connectivity index (χ0v) is 12.2. The van der Waals surface area contributed by atoms with Gasteiger partial charge in [-0.1, -0.05) is 17.7 Å². The molecule has 6 nitrogen and oxygen atoms in total. The van der Waals surface area contributed by atoms with Gasteiger partial charge in [0.05, 0.1) is 12.1 Å². The van der Waals surface area contributed by atoms with Crippen molar-refractivity contribution in [1.29, 1.82) is 0 Å². The number of amides is 1. The van der Waals surface area contributed by atoms with Crippen LogP contribution in [0.5, 0.6) is 0 Å². The van der Waals surface area contributed by atoms with Gasteiger partial charge < -0.3 is 4.90 Å². The zero-order valence-electron chi connectivity index (χ0n) is 12.2. The van der Waals surface area contributed by atoms with E-state index in [0.717, 1.165) is 24.3 Å². The molecule has 2 aromatic rings. The Labute approximate surface area is 118 Å². The molecule has 2 rings (SSSR count). The number of benzene rings is 1. The molecule has 0 saturated heterocycles. The van der Waals surface area contributed by atoms with E-state index in [1.807, 2.05) is 30.7 Å². The second-order valence-electron chi connectivity index (χ2n) is 4.62. The third-order valence-electron chi connectivity index (χ3n) is 3.24. The van der Waals surface area contributed by atoms with Crippen molar-refractivity contribution >= 4 is 6.41 Å². The highest BCUT2D eigenvalue weighted by atomic mass is 16.1. The van der Waals surface area contributed by atoms with E-state index in [0.29, 0.717) is 13.2 Å². The summed E-state index contributed by atoms with van der Waals surface area (Å²) in [7, 11) is 0. The summed E-state index contributed by atoms with van der Waals surface area (Å²) in [5.74, 6) is 0.814. The van der Waals surface area contributed by atoms with Gasteiger partial charge in [-0.25, -0.2) is 0 Å². The van der Waals surface area contributed by atoms with Gasteiger partial charge in [0.1, 0.15) is 5.10 Å². The smallest absolute Gasteiger partial charge is 0.322 e. The highest BCUT2D eigenvalue weighted by Gasteiger charge is 2.21. The molecule has 6 heteroatoms. The van der Waals surface area contributed by atoms with E-state index >= 15 is 0 Å². The van der Waals surface area contributed by atoms with Crippen LogP contribution in [0.25, 0.3) is 11.4 Å². The molecule has 1 amide bonds. The first-order valence-corrected chi connectivity index (χ1v) is 6.79. The van der Waals surface area contributed by atoms with Crippen LogP contribution in [0.3, 0.4) is 0 Å². The van der Waals surface area contributed by atoms with Crippen LogP contribution >= 0.6 is 0 Å². The van der Waals surface area contributed by atoms with Gasteiger partial charge in [0, 0.05) is 6.54 Å². The molecule has 106 valence electrons. The summed E-state index contributed by atoms with van der Waals surface area (Å²) in [5.41, 5.74) is 2.24. The van der Waals surface area contributed by atoms with E-state index in [1.165, 1.54) is 5.56 Å². The Kier molecular flexibility index (Phi) is 4.45. The highest BCUT2D eigenvalue weighted by molar-refractivity contribution is 5.51. The summed E-state index contributed by atoms with van der Waals surface area (Å²) in [6.45, 7) is 7.82. The molecular weight excluding hydrogens is 254 g/mol. The Bertz CT molecular complexity index is 576. The molecule has 0 radical (unpaired) electrons. The summed E-state index contributed by atoms with van der Waals surface area (Å²) in [4.78, 5) is 14.3. The average Bonchev–Trinajstić information content (AvgIpc) is 2.88. The van der Waals surface area contributed by atoms with Crippen LogP contribution in [0.1, 0.15) is 19.4 Å². The highest BCUT2D eigenvalue weighted by Crippen LogP contribution is 2.13. The molecule has 0 unspecified atom stereocenters. The Morgan fingerprint density at radius 3 is 2.55 bits per heavy atom. The number of tetrazole rings is 1. The molecule has 0 aliphatic heterocycles. The molecular formula is C14H20N5O+. The van der Waals surface area contributed by atoms with Gasteiger partial charge in [0.15, 0.2) is 11.9 Å². The maximum absolute atomic E-state index is 10.9. The van der Waals surface area contributed by atoms with Gasteiger partial charge >= 0.3 is 5.82 Å². The first-order chi connectivity index (χ1) is 9.69. The van der Waals surface area contributed by atoms with Crippen molar-refractivity contribution < 1.29 is 9.48 Å². The SMILES string of the molecule is CCN(C=O)Cn1nnc(-c2ccc(C)cc2)[n+]1CC. The maximum atomic E-state index is 10.9. The van der Waals surface area contributed by atoms with Crippen LogP contribution in [-0.4, -0.2) is 33.0 Å². The third kappa shape index (κ3) is 2.84. The van der Waals surface area contributed by atoms with E-state index in [9.17, 15) is 4.79 Å². The van der Waals surface area contributed by atoms with E-state index in [1.54, 1.807) is 9.70 Å². The van der Waals surface area contributed by atoms with Crippen molar-refractivity contribution in [1.82, 2.24) is 20.0 Å². The molecule has 0 spiro atoms. The summed E-state index contributed by atoms with van der Waals surface area (Å²) in [6.07, 6.45) is 0.827. The molecule has 20 heavy (non-hydrogen) atoms. The van der Waals surface area contributed by atoms with Gasteiger partial charge in [-0.2, -0.15) is 4.68 Å². The first-order valence-electron chi connectivity index (χ1n) is 6.79. The quantitative estimate of drug-likeness (QED) is 0.583. The molecule has 0 aliphatic carbocycles. The number of aromatic nitrogens is 4. The van der Waals surface area contributed by atoms with Crippen molar-refractivity contribution in [2.24, 2.45) is 0 Å². The van der Waals surface area contributed by atoms with Crippen molar-refractivity contribution in [3.05, 3.63) is 29.8 Å². The number of hydrogen-bond donors (Lipinski definition) is 0. The predicted octanol–water partition coefficient (Wildman–Crippen LogP) is 0.997. The fraction of sp³-hybridized carbons (Fsp3) is 0.429. The van der Waals surface area contributed by atoms with E-state index in [-0.39, 0.29) is 0 Å². The number of carbonyl (C=O) groups is 1. The van der Waals surface area contributed by atoms with Gasteiger partial charge in [-0.05, 0) is 37.7 Å². The standard InChI is InChI=1S/C14H20N5O/c1-4-17(11-20)10-19-16-15-14(18(19)5-2)13-8-6-12(3)7-9-13/h6-9,11H,4-5,10H2,1-3H3/q+1. The van der Waals surface area contributed by atoms with Crippen LogP contribution in [0, 0.1) is 6.92 Å². The predicted molar refractivity (Wildman–Crippen MR) is 74.5 cm³/mol. The second-order valence-corrected chi connectivity index (χ2v) is 4.62. The topological polar surface area (TPSA) is 54.9 Å². The fourth-order valence-corrected chi connectivity index (χ4v) is 2.00. The Hall–Kier alpha value is -2.24. The van der Waals surface area contributed by atoms with E-state index in [4.69, 9.17) is 0 Å². The monoisotopic (exact) mass is 274 g/mol. The molecule has 0 fully saturated rings. The molecule has 0 N–H and O–H groups in total. The minimum Gasteiger partial charge on any atom is -0.322 e. The average molecular weight is 274 g/mol. The Balaban J connectivity index is 2.34. The summed E-state index contributed by atoms with van der Waals surface area (Å²) in [6, 6.07) is 8.18. The van der Waals surface area contributed by atoms with Crippen molar-refractivity contribution in [2.45, 2.75) is 34.0 Å². The number of hydrogen-bond acceptors (Lipinski definition) is 3. The van der Waals surface area contributed by atoms with Crippen molar-refractivity contribution in [3.63, 3.8) is 0 Å². The molecule has 0 atom stereocenters. The second kappa shape index (κ2) is 6.27. The van der Waals surface area contributed by atoms with E-state index < -0.39 is 0 Å². The molecule has 0 aliphatic rings. The lowest BCUT2D eigenvalue weighted by Crippen LogP contribution is -2.47. The minimum absolute atomic E-state index is 0.409. The van der Waals surface area contributed by atoms with Crippen molar-refractivity contribution in [3.8, 4) is 11.4 Å². The first kappa shape index (κ1) is 14.2. The molecule has 0 bridgehead atoms. The van der Waals surface area contributed by atoms with Crippen LogP contribution in [0.2, 0.25) is 0 Å². The van der Waals surface area contributed by atoms with Gasteiger partial charge in [-0.3, -0.25) is 4.79 Å².